The lowest BCUT2D eigenvalue weighted by Gasteiger charge is -2.65. The Balaban J connectivity index is 1.73. The molecule has 0 amide bonds. The fourth-order valence-corrected chi connectivity index (χ4v) is 8.04. The third kappa shape index (κ3) is 1.49. The van der Waals surface area contributed by atoms with Gasteiger partial charge in [0.15, 0.2) is 11.4 Å². The smallest absolute Gasteiger partial charge is 0.315 e. The van der Waals surface area contributed by atoms with Crippen LogP contribution in [0.1, 0.15) is 52.4 Å². The Morgan fingerprint density at radius 1 is 1.11 bits per heavy atom. The molecule has 9 unspecified atom stereocenters. The van der Waals surface area contributed by atoms with Crippen molar-refractivity contribution in [1.82, 2.24) is 0 Å². The van der Waals surface area contributed by atoms with Gasteiger partial charge in [-0.3, -0.25) is 9.59 Å². The zero-order valence-corrected chi connectivity index (χ0v) is 16.1. The minimum Gasteiger partial charge on any atom is -0.458 e. The Hall–Kier alpha value is -1.06. The van der Waals surface area contributed by atoms with Gasteiger partial charge >= 0.3 is 5.97 Å². The number of carbonyl (C=O) groups excluding carboxylic acids is 2. The fourth-order valence-electron chi connectivity index (χ4n) is 8.04. The van der Waals surface area contributed by atoms with Gasteiger partial charge in [0.05, 0.1) is 18.8 Å². The third-order valence-corrected chi connectivity index (χ3v) is 9.78. The summed E-state index contributed by atoms with van der Waals surface area (Å²) in [5, 5.41) is 53.1. The van der Waals surface area contributed by atoms with Crippen LogP contribution in [0.15, 0.2) is 0 Å². The summed E-state index contributed by atoms with van der Waals surface area (Å²) in [6, 6.07) is 0. The second-order valence-corrected chi connectivity index (χ2v) is 10.3. The molecule has 4 aliphatic carbocycles. The highest BCUT2D eigenvalue weighted by Gasteiger charge is 2.86. The number of Topliss-reactive ketones (excluding diaryl/α,β-unsaturated/α-hetero) is 1. The predicted octanol–water partition coefficient (Wildman–Crippen LogP) is -0.962. The SMILES string of the molecule is CC12C(=O)OC3(CC(O)C1O)C2CCC12CC(O)(CCC13C)C(O)(CO)C2=O. The first-order valence-electron chi connectivity index (χ1n) is 10.1. The first-order chi connectivity index (χ1) is 12.9. The zero-order chi connectivity index (χ0) is 20.5. The molecule has 0 radical (unpaired) electrons. The number of hydrogen-bond acceptors (Lipinski definition) is 8. The largest absolute Gasteiger partial charge is 0.458 e. The van der Waals surface area contributed by atoms with Crippen LogP contribution in [0.25, 0.3) is 0 Å². The van der Waals surface area contributed by atoms with Gasteiger partial charge in [0, 0.05) is 23.2 Å². The Bertz CT molecular complexity index is 799. The standard InChI is InChI=1S/C20H28O8/c1-15-5-6-18(26)8-17(15,13(24)19(18,27)9-21)4-3-11-16(2)12(23)10(22)7-20(11,15)28-14(16)25/h10-12,21-23,26-27H,3-9H2,1-2H3. The molecule has 156 valence electrons. The summed E-state index contributed by atoms with van der Waals surface area (Å²) in [5.41, 5.74) is -8.48. The Morgan fingerprint density at radius 2 is 1.79 bits per heavy atom. The maximum absolute atomic E-state index is 13.5. The Labute approximate surface area is 162 Å². The number of fused-ring (bicyclic) bond motifs is 1. The lowest BCUT2D eigenvalue weighted by atomic mass is 9.39. The van der Waals surface area contributed by atoms with Crippen LogP contribution in [0.3, 0.4) is 0 Å². The van der Waals surface area contributed by atoms with E-state index in [-0.39, 0.29) is 25.2 Å². The number of rotatable bonds is 1. The van der Waals surface area contributed by atoms with Crippen molar-refractivity contribution in [3.63, 3.8) is 0 Å². The first-order valence-corrected chi connectivity index (χ1v) is 10.1. The van der Waals surface area contributed by atoms with Crippen molar-refractivity contribution in [3.8, 4) is 0 Å². The normalized spacial score (nSPS) is 62.3. The Morgan fingerprint density at radius 3 is 2.43 bits per heavy atom. The van der Waals surface area contributed by atoms with Crippen molar-refractivity contribution in [2.45, 2.75) is 81.4 Å². The van der Waals surface area contributed by atoms with Gasteiger partial charge in [0.1, 0.15) is 16.6 Å². The molecule has 5 rings (SSSR count). The van der Waals surface area contributed by atoms with Gasteiger partial charge in [-0.1, -0.05) is 6.92 Å². The van der Waals surface area contributed by atoms with E-state index in [1.807, 2.05) is 6.92 Å². The highest BCUT2D eigenvalue weighted by molar-refractivity contribution is 5.98. The molecule has 0 aromatic carbocycles. The summed E-state index contributed by atoms with van der Waals surface area (Å²) >= 11 is 0. The molecule has 1 spiro atoms. The molecule has 5 aliphatic rings. The van der Waals surface area contributed by atoms with Crippen molar-refractivity contribution in [2.24, 2.45) is 22.2 Å². The average Bonchev–Trinajstić information content (AvgIpc) is 2.92. The third-order valence-electron chi connectivity index (χ3n) is 9.78. The molecular formula is C20H28O8. The minimum absolute atomic E-state index is 0.00617. The maximum atomic E-state index is 13.5. The summed E-state index contributed by atoms with van der Waals surface area (Å²) in [6.07, 6.45) is -1.30. The van der Waals surface area contributed by atoms with Gasteiger partial charge in [0.2, 0.25) is 0 Å². The molecule has 1 aliphatic heterocycles. The van der Waals surface area contributed by atoms with E-state index in [0.717, 1.165) is 0 Å². The lowest BCUT2D eigenvalue weighted by molar-refractivity contribution is -0.253. The molecule has 8 heteroatoms. The maximum Gasteiger partial charge on any atom is 0.315 e. The van der Waals surface area contributed by atoms with Crippen molar-refractivity contribution in [3.05, 3.63) is 0 Å². The van der Waals surface area contributed by atoms with Crippen molar-refractivity contribution < 1.29 is 39.9 Å². The number of ether oxygens (including phenoxy) is 1. The van der Waals surface area contributed by atoms with Crippen LogP contribution in [-0.2, 0) is 14.3 Å². The second-order valence-electron chi connectivity index (χ2n) is 10.3. The van der Waals surface area contributed by atoms with E-state index >= 15 is 0 Å². The average molecular weight is 396 g/mol. The van der Waals surface area contributed by atoms with E-state index in [0.29, 0.717) is 19.3 Å². The summed E-state index contributed by atoms with van der Waals surface area (Å²) in [4.78, 5) is 26.5. The predicted molar refractivity (Wildman–Crippen MR) is 92.7 cm³/mol. The molecule has 5 fully saturated rings. The van der Waals surface area contributed by atoms with Crippen LogP contribution >= 0.6 is 0 Å². The zero-order valence-electron chi connectivity index (χ0n) is 16.1. The number of carbonyl (C=O) groups is 2. The van der Waals surface area contributed by atoms with Crippen molar-refractivity contribution in [2.75, 3.05) is 6.61 Å². The molecule has 9 atom stereocenters. The van der Waals surface area contributed by atoms with Crippen LogP contribution in [0.2, 0.25) is 0 Å². The number of ketones is 1. The number of hydrogen-bond donors (Lipinski definition) is 5. The number of aliphatic hydroxyl groups is 5. The highest BCUT2D eigenvalue weighted by atomic mass is 16.6. The van der Waals surface area contributed by atoms with Crippen LogP contribution < -0.4 is 0 Å². The molecular weight excluding hydrogens is 368 g/mol. The van der Waals surface area contributed by atoms with E-state index in [9.17, 15) is 35.1 Å². The summed E-state index contributed by atoms with van der Waals surface area (Å²) in [7, 11) is 0. The second kappa shape index (κ2) is 4.81. The van der Waals surface area contributed by atoms with Crippen molar-refractivity contribution in [1.29, 1.82) is 0 Å². The van der Waals surface area contributed by atoms with Crippen LogP contribution in [0.5, 0.6) is 0 Å². The van der Waals surface area contributed by atoms with Crippen LogP contribution in [-0.4, -0.2) is 72.9 Å². The molecule has 28 heavy (non-hydrogen) atoms. The highest BCUT2D eigenvalue weighted by Crippen LogP contribution is 2.77. The molecule has 0 aromatic rings. The Kier molecular flexibility index (Phi) is 3.25. The van der Waals surface area contributed by atoms with Gasteiger partial charge in [0.25, 0.3) is 0 Å². The molecule has 4 saturated carbocycles. The topological polar surface area (TPSA) is 145 Å². The number of aliphatic hydroxyl groups excluding tert-OH is 3. The van der Waals surface area contributed by atoms with Gasteiger partial charge < -0.3 is 30.3 Å². The molecule has 5 N–H and O–H groups in total. The fraction of sp³-hybridized carbons (Fsp3) is 0.900. The van der Waals surface area contributed by atoms with Gasteiger partial charge in [-0.05, 0) is 39.0 Å². The molecule has 1 heterocycles. The lowest BCUT2D eigenvalue weighted by Crippen LogP contribution is -2.70. The van der Waals surface area contributed by atoms with Crippen LogP contribution in [0, 0.1) is 22.2 Å². The first kappa shape index (κ1) is 18.9. The van der Waals surface area contributed by atoms with E-state index in [1.165, 1.54) is 0 Å². The quantitative estimate of drug-likeness (QED) is 0.356. The monoisotopic (exact) mass is 396 g/mol. The van der Waals surface area contributed by atoms with E-state index in [1.54, 1.807) is 6.92 Å². The van der Waals surface area contributed by atoms with Crippen LogP contribution in [0.4, 0.5) is 0 Å². The minimum atomic E-state index is -2.24. The van der Waals surface area contributed by atoms with E-state index in [4.69, 9.17) is 4.74 Å². The molecule has 4 bridgehead atoms. The summed E-state index contributed by atoms with van der Waals surface area (Å²) in [6.45, 7) is 2.61. The van der Waals surface area contributed by atoms with Gasteiger partial charge in [-0.25, -0.2) is 0 Å². The molecule has 1 saturated heterocycles. The van der Waals surface area contributed by atoms with Gasteiger partial charge in [-0.15, -0.1) is 0 Å². The number of esters is 1. The molecule has 0 aromatic heterocycles. The molecule has 8 nitrogen and oxygen atoms in total. The summed E-state index contributed by atoms with van der Waals surface area (Å²) in [5.74, 6) is -1.53. The van der Waals surface area contributed by atoms with E-state index < -0.39 is 63.6 Å². The van der Waals surface area contributed by atoms with Crippen molar-refractivity contribution >= 4 is 11.8 Å². The van der Waals surface area contributed by atoms with Gasteiger partial charge in [-0.2, -0.15) is 0 Å². The summed E-state index contributed by atoms with van der Waals surface area (Å²) < 4.78 is 5.98. The van der Waals surface area contributed by atoms with E-state index in [2.05, 4.69) is 0 Å².